The average molecular weight is 592 g/mol. The van der Waals surface area contributed by atoms with Crippen LogP contribution in [0.2, 0.25) is 0 Å². The zero-order chi connectivity index (χ0) is 29.7. The number of benzene rings is 7. The molecule has 2 aromatic heterocycles. The second-order valence-electron chi connectivity index (χ2n) is 11.2. The first-order chi connectivity index (χ1) is 22.3. The van der Waals surface area contributed by atoms with Crippen molar-refractivity contribution in [2.24, 2.45) is 0 Å². The van der Waals surface area contributed by atoms with E-state index in [9.17, 15) is 0 Å². The first-order valence-electron chi connectivity index (χ1n) is 15.0. The minimum Gasteiger partial charge on any atom is -0.208 e. The largest absolute Gasteiger partial charge is 0.208 e. The first kappa shape index (κ1) is 25.8. The van der Waals surface area contributed by atoms with Gasteiger partial charge >= 0.3 is 0 Å². The Morgan fingerprint density at radius 2 is 0.956 bits per heavy atom. The Morgan fingerprint density at radius 1 is 0.333 bits per heavy atom. The summed E-state index contributed by atoms with van der Waals surface area (Å²) >= 11 is 1.81. The fraction of sp³-hybridized carbons (Fsp3) is 0. The van der Waals surface area contributed by atoms with Crippen molar-refractivity contribution < 1.29 is 0 Å². The lowest BCUT2D eigenvalue weighted by Gasteiger charge is -2.13. The molecule has 9 rings (SSSR count). The van der Waals surface area contributed by atoms with Crippen molar-refractivity contribution >= 4 is 53.1 Å². The molecule has 0 N–H and O–H groups in total. The topological polar surface area (TPSA) is 38.7 Å². The van der Waals surface area contributed by atoms with Gasteiger partial charge in [-0.1, -0.05) is 121 Å². The van der Waals surface area contributed by atoms with Crippen LogP contribution in [-0.2, 0) is 0 Å². The zero-order valence-corrected chi connectivity index (χ0v) is 25.0. The number of aromatic nitrogens is 3. The average Bonchev–Trinajstić information content (AvgIpc) is 3.49. The summed E-state index contributed by atoms with van der Waals surface area (Å²) in [7, 11) is 0. The van der Waals surface area contributed by atoms with Crippen LogP contribution in [0.15, 0.2) is 152 Å². The molecule has 0 unspecified atom stereocenters. The molecule has 0 saturated carbocycles. The Labute approximate surface area is 264 Å². The van der Waals surface area contributed by atoms with Crippen LogP contribution in [0.5, 0.6) is 0 Å². The van der Waals surface area contributed by atoms with E-state index in [1.807, 2.05) is 29.5 Å². The Bertz CT molecular complexity index is 2550. The lowest BCUT2D eigenvalue weighted by atomic mass is 9.94. The Morgan fingerprint density at radius 3 is 1.82 bits per heavy atom. The van der Waals surface area contributed by atoms with Crippen LogP contribution >= 0.6 is 11.3 Å². The van der Waals surface area contributed by atoms with Crippen LogP contribution in [0, 0.1) is 0 Å². The predicted molar refractivity (Wildman–Crippen MR) is 189 cm³/mol. The van der Waals surface area contributed by atoms with Gasteiger partial charge in [-0.15, -0.1) is 11.3 Å². The number of nitrogens with zero attached hydrogens (tertiary/aromatic N) is 3. The van der Waals surface area contributed by atoms with Crippen LogP contribution in [0.25, 0.3) is 87.0 Å². The maximum atomic E-state index is 5.15. The number of rotatable bonds is 4. The standard InChI is InChI=1S/C41H25N3S/c1-2-11-27(12-3-1)39-42-40(30-22-23-38-36(25-30)34-14-6-7-19-37(34)45-38)44-41(43-39)35-18-9-16-32-31(15-8-17-33(32)35)29-21-20-26-10-4-5-13-28(26)24-29/h1-25H. The molecule has 0 fully saturated rings. The molecule has 0 bridgehead atoms. The van der Waals surface area contributed by atoms with Crippen LogP contribution < -0.4 is 0 Å². The van der Waals surface area contributed by atoms with Crippen LogP contribution in [0.1, 0.15) is 0 Å². The first-order valence-corrected chi connectivity index (χ1v) is 15.8. The van der Waals surface area contributed by atoms with Gasteiger partial charge in [0.2, 0.25) is 0 Å². The SMILES string of the molecule is c1ccc(-c2nc(-c3ccc4sc5ccccc5c4c3)nc(-c3cccc4c(-c5ccc6ccccc6c5)cccc34)n2)cc1. The summed E-state index contributed by atoms with van der Waals surface area (Å²) in [5, 5.41) is 7.22. The van der Waals surface area contributed by atoms with Gasteiger partial charge in [0.25, 0.3) is 0 Å². The molecule has 0 aliphatic rings. The van der Waals surface area contributed by atoms with E-state index in [-0.39, 0.29) is 0 Å². The van der Waals surface area contributed by atoms with Gasteiger partial charge in [0.15, 0.2) is 17.5 Å². The van der Waals surface area contributed by atoms with E-state index in [4.69, 9.17) is 15.0 Å². The molecule has 0 spiro atoms. The van der Waals surface area contributed by atoms with Gasteiger partial charge < -0.3 is 0 Å². The van der Waals surface area contributed by atoms with E-state index in [1.54, 1.807) is 0 Å². The van der Waals surface area contributed by atoms with E-state index in [1.165, 1.54) is 47.5 Å². The molecule has 0 aliphatic carbocycles. The normalized spacial score (nSPS) is 11.6. The highest BCUT2D eigenvalue weighted by atomic mass is 32.1. The molecule has 0 atom stereocenters. The van der Waals surface area contributed by atoms with Gasteiger partial charge in [-0.05, 0) is 63.0 Å². The van der Waals surface area contributed by atoms with Crippen molar-refractivity contribution in [2.45, 2.75) is 0 Å². The third kappa shape index (κ3) is 4.46. The zero-order valence-electron chi connectivity index (χ0n) is 24.2. The van der Waals surface area contributed by atoms with E-state index >= 15 is 0 Å². The highest BCUT2D eigenvalue weighted by Crippen LogP contribution is 2.38. The summed E-state index contributed by atoms with van der Waals surface area (Å²) in [6.07, 6.45) is 0. The summed E-state index contributed by atoms with van der Waals surface area (Å²) in [4.78, 5) is 15.2. The maximum absolute atomic E-state index is 5.15. The minimum atomic E-state index is 0.661. The summed E-state index contributed by atoms with van der Waals surface area (Å²) in [6.45, 7) is 0. The molecule has 3 nitrogen and oxygen atoms in total. The third-order valence-electron chi connectivity index (χ3n) is 8.53. The molecule has 45 heavy (non-hydrogen) atoms. The summed E-state index contributed by atoms with van der Waals surface area (Å²) in [6, 6.07) is 53.4. The van der Waals surface area contributed by atoms with Gasteiger partial charge in [0.1, 0.15) is 0 Å². The van der Waals surface area contributed by atoms with Gasteiger partial charge in [0, 0.05) is 36.9 Å². The molecule has 0 aliphatic heterocycles. The maximum Gasteiger partial charge on any atom is 0.164 e. The van der Waals surface area contributed by atoms with Crippen molar-refractivity contribution in [3.63, 3.8) is 0 Å². The lowest BCUT2D eigenvalue weighted by molar-refractivity contribution is 1.08. The third-order valence-corrected chi connectivity index (χ3v) is 9.68. The Kier molecular flexibility index (Phi) is 6.00. The molecular formula is C41H25N3S. The smallest absolute Gasteiger partial charge is 0.164 e. The van der Waals surface area contributed by atoms with E-state index in [0.29, 0.717) is 17.5 Å². The van der Waals surface area contributed by atoms with Gasteiger partial charge in [-0.2, -0.15) is 0 Å². The fourth-order valence-corrected chi connectivity index (χ4v) is 7.41. The molecule has 7 aromatic carbocycles. The minimum absolute atomic E-state index is 0.661. The molecule has 0 amide bonds. The van der Waals surface area contributed by atoms with E-state index in [0.717, 1.165) is 22.1 Å². The summed E-state index contributed by atoms with van der Waals surface area (Å²) in [5.74, 6) is 1.99. The highest BCUT2D eigenvalue weighted by Gasteiger charge is 2.16. The molecule has 0 radical (unpaired) electrons. The molecule has 2 heterocycles. The highest BCUT2D eigenvalue weighted by molar-refractivity contribution is 7.25. The Balaban J connectivity index is 1.25. The van der Waals surface area contributed by atoms with Crippen molar-refractivity contribution in [3.05, 3.63) is 152 Å². The van der Waals surface area contributed by atoms with Crippen LogP contribution in [0.3, 0.4) is 0 Å². The van der Waals surface area contributed by atoms with E-state index < -0.39 is 0 Å². The number of hydrogen-bond acceptors (Lipinski definition) is 4. The van der Waals surface area contributed by atoms with Crippen molar-refractivity contribution in [3.8, 4) is 45.3 Å². The second kappa shape index (κ2) is 10.5. The van der Waals surface area contributed by atoms with Crippen LogP contribution in [0.4, 0.5) is 0 Å². The van der Waals surface area contributed by atoms with E-state index in [2.05, 4.69) is 133 Å². The summed E-state index contributed by atoms with van der Waals surface area (Å²) in [5.41, 5.74) is 5.30. The molecule has 210 valence electrons. The molecular weight excluding hydrogens is 567 g/mol. The number of hydrogen-bond donors (Lipinski definition) is 0. The molecule has 4 heteroatoms. The second-order valence-corrected chi connectivity index (χ2v) is 12.3. The summed E-state index contributed by atoms with van der Waals surface area (Å²) < 4.78 is 2.54. The van der Waals surface area contributed by atoms with Crippen molar-refractivity contribution in [2.75, 3.05) is 0 Å². The van der Waals surface area contributed by atoms with Crippen molar-refractivity contribution in [1.29, 1.82) is 0 Å². The fourth-order valence-electron chi connectivity index (χ4n) is 6.32. The lowest BCUT2D eigenvalue weighted by Crippen LogP contribution is -2.00. The van der Waals surface area contributed by atoms with Gasteiger partial charge in [-0.25, -0.2) is 15.0 Å². The predicted octanol–water partition coefficient (Wildman–Crippen LogP) is 11.2. The van der Waals surface area contributed by atoms with Crippen molar-refractivity contribution in [1.82, 2.24) is 15.0 Å². The Hall–Kier alpha value is -5.71. The molecule has 0 saturated heterocycles. The van der Waals surface area contributed by atoms with Crippen LogP contribution in [-0.4, -0.2) is 15.0 Å². The number of thiophene rings is 1. The van der Waals surface area contributed by atoms with Gasteiger partial charge in [0.05, 0.1) is 0 Å². The quantitative estimate of drug-likeness (QED) is 0.204. The molecule has 9 aromatic rings. The number of fused-ring (bicyclic) bond motifs is 5. The van der Waals surface area contributed by atoms with Gasteiger partial charge in [-0.3, -0.25) is 0 Å². The monoisotopic (exact) mass is 591 g/mol.